The molecule has 31 heavy (non-hydrogen) atoms. The topological polar surface area (TPSA) is 122 Å². The first-order valence-corrected chi connectivity index (χ1v) is 10.2. The van der Waals surface area contributed by atoms with Crippen LogP contribution in [0.15, 0.2) is 59.6 Å². The zero-order chi connectivity index (χ0) is 22.0. The van der Waals surface area contributed by atoms with Crippen molar-refractivity contribution in [2.45, 2.75) is 5.92 Å². The molecule has 0 radical (unpaired) electrons. The highest BCUT2D eigenvalue weighted by atomic mass is 32.2. The number of aliphatic imine (C=N–C) groups is 1. The summed E-state index contributed by atoms with van der Waals surface area (Å²) >= 11 is 0.816. The van der Waals surface area contributed by atoms with Gasteiger partial charge in [-0.2, -0.15) is 4.99 Å². The number of nitrogens with zero attached hydrogens (tertiary/aromatic N) is 2. The molecule has 0 aromatic heterocycles. The molecule has 1 unspecified atom stereocenters. The fourth-order valence-corrected chi connectivity index (χ4v) is 3.82. The number of amidine groups is 1. The van der Waals surface area contributed by atoms with Gasteiger partial charge in [0.05, 0.1) is 16.9 Å². The molecule has 156 valence electrons. The van der Waals surface area contributed by atoms with E-state index in [4.69, 9.17) is 4.74 Å². The van der Waals surface area contributed by atoms with Gasteiger partial charge in [0, 0.05) is 0 Å². The smallest absolute Gasteiger partial charge is 0.318 e. The Hall–Kier alpha value is -3.79. The van der Waals surface area contributed by atoms with Crippen molar-refractivity contribution in [3.8, 4) is 0 Å². The van der Waals surface area contributed by atoms with Crippen LogP contribution in [0.25, 0.3) is 0 Å². The lowest BCUT2D eigenvalue weighted by molar-refractivity contribution is -0.143. The average molecular weight is 437 g/mol. The Morgan fingerprint density at radius 2 is 1.58 bits per heavy atom. The van der Waals surface area contributed by atoms with Gasteiger partial charge in [0.25, 0.3) is 17.7 Å². The fraction of sp³-hybridized carbons (Fsp3) is 0.143. The average Bonchev–Trinajstić information content (AvgIpc) is 3.01. The maximum Gasteiger partial charge on any atom is 0.318 e. The van der Waals surface area contributed by atoms with Gasteiger partial charge in [-0.1, -0.05) is 54.2 Å². The predicted molar refractivity (Wildman–Crippen MR) is 110 cm³/mol. The van der Waals surface area contributed by atoms with Crippen LogP contribution in [-0.4, -0.2) is 52.1 Å². The van der Waals surface area contributed by atoms with Gasteiger partial charge in [0.15, 0.2) is 11.9 Å². The van der Waals surface area contributed by atoms with Crippen LogP contribution in [0.1, 0.15) is 32.2 Å². The molecule has 2 aromatic carbocycles. The number of fused-ring (bicyclic) bond motifs is 1. The summed E-state index contributed by atoms with van der Waals surface area (Å²) in [6.45, 7) is -0.528. The summed E-state index contributed by atoms with van der Waals surface area (Å²) in [6, 6.07) is 14.8. The van der Waals surface area contributed by atoms with E-state index in [1.807, 2.05) is 0 Å². The first-order chi connectivity index (χ1) is 15.0. The lowest BCUT2D eigenvalue weighted by Crippen LogP contribution is -2.41. The Balaban J connectivity index is 1.31. The molecule has 10 heteroatoms. The summed E-state index contributed by atoms with van der Waals surface area (Å²) in [5.74, 6) is -4.29. The SMILES string of the molecule is O=C(CSC1=NC(=O)C(c2ccccc2)C(=O)N1)OCN1C(=O)c2ccccc2C1=O. The zero-order valence-electron chi connectivity index (χ0n) is 15.9. The van der Waals surface area contributed by atoms with Crippen molar-refractivity contribution in [1.82, 2.24) is 10.2 Å². The van der Waals surface area contributed by atoms with Gasteiger partial charge in [0.2, 0.25) is 5.91 Å². The molecule has 0 saturated carbocycles. The molecule has 2 heterocycles. The van der Waals surface area contributed by atoms with E-state index in [0.717, 1.165) is 16.7 Å². The number of amides is 4. The summed E-state index contributed by atoms with van der Waals surface area (Å²) in [6.07, 6.45) is 0. The van der Waals surface area contributed by atoms with Crippen molar-refractivity contribution in [2.75, 3.05) is 12.5 Å². The molecule has 4 amide bonds. The van der Waals surface area contributed by atoms with Crippen LogP contribution in [0.4, 0.5) is 0 Å². The lowest BCUT2D eigenvalue weighted by atomic mass is 9.97. The third kappa shape index (κ3) is 4.10. The Labute approximate surface area is 180 Å². The standard InChI is InChI=1S/C21H15N3O6S/c25-15(30-11-24-19(28)13-8-4-5-9-14(13)20(24)29)10-31-21-22-17(26)16(18(27)23-21)12-6-2-1-3-7-12/h1-9,16H,10-11H2,(H,22,23,26,27). The minimum absolute atomic E-state index is 0.0140. The molecule has 1 N–H and O–H groups in total. The lowest BCUT2D eigenvalue weighted by Gasteiger charge is -2.20. The predicted octanol–water partition coefficient (Wildman–Crippen LogP) is 1.31. The fourth-order valence-electron chi connectivity index (χ4n) is 3.15. The second-order valence-electron chi connectivity index (χ2n) is 6.61. The number of esters is 1. The van der Waals surface area contributed by atoms with Crippen LogP contribution in [0.2, 0.25) is 0 Å². The molecule has 2 aliphatic heterocycles. The first-order valence-electron chi connectivity index (χ1n) is 9.17. The largest absolute Gasteiger partial charge is 0.443 e. The zero-order valence-corrected chi connectivity index (χ0v) is 16.8. The number of benzene rings is 2. The molecule has 2 aromatic rings. The first kappa shape index (κ1) is 20.5. The van der Waals surface area contributed by atoms with E-state index in [1.54, 1.807) is 42.5 Å². The van der Waals surface area contributed by atoms with Gasteiger partial charge in [-0.05, 0) is 17.7 Å². The maximum atomic E-state index is 12.3. The molecule has 4 rings (SSSR count). The highest BCUT2D eigenvalue weighted by Crippen LogP contribution is 2.23. The second kappa shape index (κ2) is 8.52. The molecule has 0 saturated heterocycles. The van der Waals surface area contributed by atoms with Gasteiger partial charge in [-0.3, -0.25) is 24.0 Å². The highest BCUT2D eigenvalue weighted by molar-refractivity contribution is 8.14. The maximum absolute atomic E-state index is 12.3. The Morgan fingerprint density at radius 3 is 2.19 bits per heavy atom. The van der Waals surface area contributed by atoms with E-state index in [2.05, 4.69) is 10.3 Å². The normalized spacial score (nSPS) is 17.9. The Morgan fingerprint density at radius 1 is 0.968 bits per heavy atom. The number of thioether (sulfide) groups is 1. The molecular formula is C21H15N3O6S. The van der Waals surface area contributed by atoms with Crippen LogP contribution < -0.4 is 5.32 Å². The minimum Gasteiger partial charge on any atom is -0.443 e. The van der Waals surface area contributed by atoms with Crippen LogP contribution in [0.3, 0.4) is 0 Å². The van der Waals surface area contributed by atoms with E-state index in [0.29, 0.717) is 5.56 Å². The number of hydrogen-bond acceptors (Lipinski definition) is 7. The number of nitrogens with one attached hydrogen (secondary N) is 1. The third-order valence-corrected chi connectivity index (χ3v) is 5.49. The number of hydrogen-bond donors (Lipinski definition) is 1. The van der Waals surface area contributed by atoms with Crippen LogP contribution in [-0.2, 0) is 19.1 Å². The molecule has 0 fully saturated rings. The van der Waals surface area contributed by atoms with Crippen molar-refractivity contribution < 1.29 is 28.7 Å². The van der Waals surface area contributed by atoms with E-state index < -0.39 is 42.2 Å². The van der Waals surface area contributed by atoms with E-state index in [9.17, 15) is 24.0 Å². The van der Waals surface area contributed by atoms with E-state index in [-0.39, 0.29) is 22.0 Å². The number of carbonyl (C=O) groups is 5. The quantitative estimate of drug-likeness (QED) is 0.425. The Bertz CT molecular complexity index is 1100. The summed E-state index contributed by atoms with van der Waals surface area (Å²) < 4.78 is 5.01. The van der Waals surface area contributed by atoms with Crippen molar-refractivity contribution in [3.05, 3.63) is 71.3 Å². The molecule has 0 spiro atoms. The third-order valence-electron chi connectivity index (χ3n) is 4.64. The molecule has 0 aliphatic carbocycles. The van der Waals surface area contributed by atoms with Gasteiger partial charge in [0.1, 0.15) is 5.92 Å². The molecule has 9 nitrogen and oxygen atoms in total. The summed E-state index contributed by atoms with van der Waals surface area (Å²) in [7, 11) is 0. The van der Waals surface area contributed by atoms with Gasteiger partial charge < -0.3 is 10.1 Å². The summed E-state index contributed by atoms with van der Waals surface area (Å²) in [4.78, 5) is 65.8. The summed E-state index contributed by atoms with van der Waals surface area (Å²) in [5.41, 5.74) is 1.03. The minimum atomic E-state index is -1.04. The molecule has 2 aliphatic rings. The number of carbonyl (C=O) groups excluding carboxylic acids is 5. The number of ether oxygens (including phenoxy) is 1. The molecule has 0 bridgehead atoms. The monoisotopic (exact) mass is 437 g/mol. The summed E-state index contributed by atoms with van der Waals surface area (Å²) in [5, 5.41) is 2.49. The van der Waals surface area contributed by atoms with Crippen LogP contribution in [0, 0.1) is 0 Å². The number of imide groups is 1. The highest BCUT2D eigenvalue weighted by Gasteiger charge is 2.36. The van der Waals surface area contributed by atoms with Crippen molar-refractivity contribution >= 4 is 46.5 Å². The van der Waals surface area contributed by atoms with Crippen molar-refractivity contribution in [2.24, 2.45) is 4.99 Å². The van der Waals surface area contributed by atoms with Gasteiger partial charge in [-0.15, -0.1) is 0 Å². The van der Waals surface area contributed by atoms with Gasteiger partial charge >= 0.3 is 5.97 Å². The van der Waals surface area contributed by atoms with Crippen LogP contribution >= 0.6 is 11.8 Å². The Kier molecular flexibility index (Phi) is 5.63. The van der Waals surface area contributed by atoms with Crippen LogP contribution in [0.5, 0.6) is 0 Å². The van der Waals surface area contributed by atoms with Crippen molar-refractivity contribution in [3.63, 3.8) is 0 Å². The van der Waals surface area contributed by atoms with Crippen molar-refractivity contribution in [1.29, 1.82) is 0 Å². The van der Waals surface area contributed by atoms with Gasteiger partial charge in [-0.25, -0.2) is 4.90 Å². The molecular weight excluding hydrogens is 422 g/mol. The number of rotatable bonds is 5. The second-order valence-corrected chi connectivity index (χ2v) is 7.57. The van der Waals surface area contributed by atoms with E-state index in [1.165, 1.54) is 12.1 Å². The van der Waals surface area contributed by atoms with E-state index >= 15 is 0 Å². The molecule has 1 atom stereocenters.